The van der Waals surface area contributed by atoms with Crippen molar-refractivity contribution in [3.63, 3.8) is 0 Å². The highest BCUT2D eigenvalue weighted by Gasteiger charge is 2.27. The number of hydrogen-bond acceptors (Lipinski definition) is 8. The fourth-order valence-corrected chi connectivity index (χ4v) is 6.86. The van der Waals surface area contributed by atoms with E-state index >= 15 is 0 Å². The van der Waals surface area contributed by atoms with Crippen LogP contribution in [-0.4, -0.2) is 74.6 Å². The Labute approximate surface area is 295 Å². The molecule has 264 valence electrons. The first-order chi connectivity index (χ1) is 24.8. The van der Waals surface area contributed by atoms with Crippen LogP contribution in [0.25, 0.3) is 16.8 Å². The standard InChI is InChI=1S/C39H41FN6O5/c1-25-5-2-8-36-44-35(24-46(25)36)38(49)43-30-11-9-29(10-12-30)42-37(48)34-21-28(40)22-41-39(34)51-32-7-3-6-26(20-32)33-14-13-31(47)19-27(33)23-45-15-4-17-50-18-16-45/h2-3,5-8,13-14,19-22,24,29-30,47H,4,9-12,15-18,23H2,1H3,(H,42,48)(H,43,49)/t29-,30+. The highest BCUT2D eigenvalue weighted by atomic mass is 19.1. The summed E-state index contributed by atoms with van der Waals surface area (Å²) < 4.78 is 28.1. The summed E-state index contributed by atoms with van der Waals surface area (Å²) in [5.41, 5.74) is 4.83. The quantitative estimate of drug-likeness (QED) is 0.171. The summed E-state index contributed by atoms with van der Waals surface area (Å²) in [4.78, 5) is 37.3. The first-order valence-corrected chi connectivity index (χ1v) is 17.4. The van der Waals surface area contributed by atoms with Crippen LogP contribution in [-0.2, 0) is 11.3 Å². The third-order valence-corrected chi connectivity index (χ3v) is 9.55. The number of aryl methyl sites for hydroxylation is 1. The van der Waals surface area contributed by atoms with Gasteiger partial charge in [0, 0.05) is 50.2 Å². The fraction of sp³-hybridized carbons (Fsp3) is 0.333. The third kappa shape index (κ3) is 8.19. The molecule has 0 unspecified atom stereocenters. The van der Waals surface area contributed by atoms with E-state index in [4.69, 9.17) is 9.47 Å². The average Bonchev–Trinajstić information content (AvgIpc) is 3.42. The largest absolute Gasteiger partial charge is 0.508 e. The number of fused-ring (bicyclic) bond motifs is 1. The van der Waals surface area contributed by atoms with Crippen molar-refractivity contribution >= 4 is 17.5 Å². The Balaban J connectivity index is 0.995. The minimum atomic E-state index is -0.651. The van der Waals surface area contributed by atoms with Crippen LogP contribution >= 0.6 is 0 Å². The van der Waals surface area contributed by atoms with Gasteiger partial charge in [-0.25, -0.2) is 14.4 Å². The van der Waals surface area contributed by atoms with Gasteiger partial charge in [0.2, 0.25) is 5.88 Å². The molecule has 4 heterocycles. The fourth-order valence-electron chi connectivity index (χ4n) is 6.86. The Bertz CT molecular complexity index is 2030. The SMILES string of the molecule is Cc1cccc2nc(C(=O)N[C@H]3CC[C@@H](NC(=O)c4cc(F)cnc4Oc4cccc(-c5ccc(O)cc5CN5CCCOCC5)c4)CC3)cn12. The predicted molar refractivity (Wildman–Crippen MR) is 189 cm³/mol. The van der Waals surface area contributed by atoms with Crippen LogP contribution < -0.4 is 15.4 Å². The van der Waals surface area contributed by atoms with Gasteiger partial charge in [-0.1, -0.05) is 24.3 Å². The van der Waals surface area contributed by atoms with Gasteiger partial charge in [-0.05, 0) is 98.2 Å². The molecule has 51 heavy (non-hydrogen) atoms. The maximum atomic E-state index is 14.4. The Morgan fingerprint density at radius 3 is 2.55 bits per heavy atom. The monoisotopic (exact) mass is 692 g/mol. The number of ether oxygens (including phenoxy) is 2. The van der Waals surface area contributed by atoms with Gasteiger partial charge in [-0.2, -0.15) is 0 Å². The smallest absolute Gasteiger partial charge is 0.271 e. The highest BCUT2D eigenvalue weighted by Crippen LogP contribution is 2.33. The van der Waals surface area contributed by atoms with Gasteiger partial charge in [-0.15, -0.1) is 0 Å². The van der Waals surface area contributed by atoms with Crippen LogP contribution in [0.2, 0.25) is 0 Å². The summed E-state index contributed by atoms with van der Waals surface area (Å²) in [6, 6.07) is 19.4. The van der Waals surface area contributed by atoms with Gasteiger partial charge in [0.25, 0.3) is 11.8 Å². The van der Waals surface area contributed by atoms with Crippen LogP contribution in [0.5, 0.6) is 17.4 Å². The Kier molecular flexibility index (Phi) is 10.2. The first kappa shape index (κ1) is 34.1. The molecule has 0 atom stereocenters. The van der Waals surface area contributed by atoms with E-state index in [1.165, 1.54) is 0 Å². The zero-order valence-corrected chi connectivity index (χ0v) is 28.5. The van der Waals surface area contributed by atoms with E-state index in [0.29, 0.717) is 50.3 Å². The highest BCUT2D eigenvalue weighted by molar-refractivity contribution is 5.96. The summed E-state index contributed by atoms with van der Waals surface area (Å²) in [7, 11) is 0. The van der Waals surface area contributed by atoms with Crippen LogP contribution in [0.4, 0.5) is 4.39 Å². The van der Waals surface area contributed by atoms with E-state index < -0.39 is 11.7 Å². The Hall–Kier alpha value is -5.33. The van der Waals surface area contributed by atoms with Crippen molar-refractivity contribution in [3.05, 3.63) is 107 Å². The number of aromatic nitrogens is 3. The van der Waals surface area contributed by atoms with Crippen molar-refractivity contribution in [2.24, 2.45) is 0 Å². The van der Waals surface area contributed by atoms with Crippen molar-refractivity contribution in [2.45, 2.75) is 57.7 Å². The average molecular weight is 693 g/mol. The molecule has 1 saturated carbocycles. The molecule has 1 aliphatic carbocycles. The maximum absolute atomic E-state index is 14.4. The van der Waals surface area contributed by atoms with E-state index in [1.807, 2.05) is 53.8 Å². The van der Waals surface area contributed by atoms with Crippen molar-refractivity contribution in [3.8, 4) is 28.5 Å². The van der Waals surface area contributed by atoms with Crippen molar-refractivity contribution in [1.29, 1.82) is 0 Å². The van der Waals surface area contributed by atoms with E-state index in [-0.39, 0.29) is 35.2 Å². The van der Waals surface area contributed by atoms with E-state index in [9.17, 15) is 19.1 Å². The number of phenolic OH excluding ortho intramolecular Hbond substituents is 1. The lowest BCUT2D eigenvalue weighted by Crippen LogP contribution is -2.44. The molecule has 0 spiro atoms. The lowest BCUT2D eigenvalue weighted by molar-refractivity contribution is 0.0888. The summed E-state index contributed by atoms with van der Waals surface area (Å²) in [6.45, 7) is 5.73. The molecule has 0 radical (unpaired) electrons. The normalized spacial score (nSPS) is 18.2. The number of phenols is 1. The number of amides is 2. The van der Waals surface area contributed by atoms with Gasteiger partial charge in [0.1, 0.15) is 34.2 Å². The Morgan fingerprint density at radius 2 is 1.75 bits per heavy atom. The zero-order chi connectivity index (χ0) is 35.3. The second-order valence-corrected chi connectivity index (χ2v) is 13.2. The lowest BCUT2D eigenvalue weighted by Gasteiger charge is -2.29. The Morgan fingerprint density at radius 1 is 0.961 bits per heavy atom. The summed E-state index contributed by atoms with van der Waals surface area (Å²) in [6.07, 6.45) is 6.34. The number of hydrogen-bond donors (Lipinski definition) is 3. The number of halogens is 1. The molecule has 1 saturated heterocycles. The van der Waals surface area contributed by atoms with Crippen LogP contribution in [0, 0.1) is 12.7 Å². The van der Waals surface area contributed by atoms with Gasteiger partial charge < -0.3 is 29.6 Å². The molecule has 2 aliphatic rings. The van der Waals surface area contributed by atoms with Crippen molar-refractivity contribution in [2.75, 3.05) is 26.3 Å². The molecule has 0 bridgehead atoms. The topological polar surface area (TPSA) is 130 Å². The molecule has 2 fully saturated rings. The molecule has 12 heteroatoms. The number of benzene rings is 2. The molecule has 5 aromatic rings. The minimum Gasteiger partial charge on any atom is -0.508 e. The van der Waals surface area contributed by atoms with Crippen LogP contribution in [0.3, 0.4) is 0 Å². The molecular weight excluding hydrogens is 651 g/mol. The zero-order valence-electron chi connectivity index (χ0n) is 28.5. The van der Waals surface area contributed by atoms with Crippen LogP contribution in [0.1, 0.15) is 64.2 Å². The second-order valence-electron chi connectivity index (χ2n) is 13.2. The molecule has 3 aromatic heterocycles. The van der Waals surface area contributed by atoms with Crippen molar-refractivity contribution in [1.82, 2.24) is 29.9 Å². The molecular formula is C39H41FN6O5. The van der Waals surface area contributed by atoms with Crippen molar-refractivity contribution < 1.29 is 28.6 Å². The number of pyridine rings is 2. The number of nitrogens with one attached hydrogen (secondary N) is 2. The molecule has 11 nitrogen and oxygen atoms in total. The van der Waals surface area contributed by atoms with E-state index in [2.05, 4.69) is 25.5 Å². The van der Waals surface area contributed by atoms with E-state index in [0.717, 1.165) is 66.4 Å². The number of carbonyl (C=O) groups excluding carboxylic acids is 2. The number of aromatic hydroxyl groups is 1. The lowest BCUT2D eigenvalue weighted by atomic mass is 9.91. The molecule has 7 rings (SSSR count). The van der Waals surface area contributed by atoms with Crippen LogP contribution in [0.15, 0.2) is 79.1 Å². The van der Waals surface area contributed by atoms with E-state index in [1.54, 1.807) is 24.4 Å². The van der Waals surface area contributed by atoms with Gasteiger partial charge in [0.15, 0.2) is 0 Å². The maximum Gasteiger partial charge on any atom is 0.271 e. The third-order valence-electron chi connectivity index (χ3n) is 9.55. The molecule has 3 N–H and O–H groups in total. The second kappa shape index (κ2) is 15.3. The number of rotatable bonds is 9. The predicted octanol–water partition coefficient (Wildman–Crippen LogP) is 6.04. The van der Waals surface area contributed by atoms with Gasteiger partial charge in [0.05, 0.1) is 12.8 Å². The number of nitrogens with zero attached hydrogens (tertiary/aromatic N) is 4. The van der Waals surface area contributed by atoms with Gasteiger partial charge >= 0.3 is 0 Å². The summed E-state index contributed by atoms with van der Waals surface area (Å²) in [5, 5.41) is 16.4. The number of imidazole rings is 1. The first-order valence-electron chi connectivity index (χ1n) is 17.4. The molecule has 2 amide bonds. The minimum absolute atomic E-state index is 0.00771. The molecule has 2 aromatic carbocycles. The molecule has 1 aliphatic heterocycles. The summed E-state index contributed by atoms with van der Waals surface area (Å²) >= 11 is 0. The van der Waals surface area contributed by atoms with Gasteiger partial charge in [-0.3, -0.25) is 14.5 Å². The number of carbonyl (C=O) groups is 2. The summed E-state index contributed by atoms with van der Waals surface area (Å²) in [5.74, 6) is -0.748.